The molecular weight excluding hydrogens is 470 g/mol. The Balaban J connectivity index is 1.51. The lowest BCUT2D eigenvalue weighted by Gasteiger charge is -2.34. The van der Waals surface area contributed by atoms with E-state index in [1.54, 1.807) is 7.11 Å². The van der Waals surface area contributed by atoms with Gasteiger partial charge >= 0.3 is 11.8 Å². The van der Waals surface area contributed by atoms with E-state index in [9.17, 15) is 18.0 Å². The Morgan fingerprint density at radius 2 is 1.76 bits per heavy atom. The summed E-state index contributed by atoms with van der Waals surface area (Å²) < 4.78 is 37.9. The first kappa shape index (κ1) is 25.0. The molecule has 1 atom stereocenters. The monoisotopic (exact) mass is 495 g/mol. The zero-order valence-electron chi connectivity index (χ0n) is 18.1. The van der Waals surface area contributed by atoms with Gasteiger partial charge in [0.05, 0.1) is 25.2 Å². The van der Waals surface area contributed by atoms with Gasteiger partial charge in [0.15, 0.2) is 0 Å². The summed E-state index contributed by atoms with van der Waals surface area (Å²) in [6.07, 6.45) is 0.140. The predicted octanol–water partition coefficient (Wildman–Crippen LogP) is 1.56. The van der Waals surface area contributed by atoms with E-state index in [1.165, 1.54) is 28.6 Å². The first-order chi connectivity index (χ1) is 15.8. The van der Waals surface area contributed by atoms with Gasteiger partial charge in [-0.3, -0.25) is 9.59 Å². The van der Waals surface area contributed by atoms with Crippen molar-refractivity contribution in [3.05, 3.63) is 59.1 Å². The molecule has 2 aromatic rings. The van der Waals surface area contributed by atoms with Crippen LogP contribution in [0, 0.1) is 0 Å². The molecule has 1 saturated heterocycles. The minimum atomic E-state index is -3.86. The van der Waals surface area contributed by atoms with E-state index in [1.807, 2.05) is 24.3 Å². The van der Waals surface area contributed by atoms with Crippen molar-refractivity contribution in [2.75, 3.05) is 33.4 Å². The van der Waals surface area contributed by atoms with Gasteiger partial charge in [-0.25, -0.2) is 8.42 Å². The summed E-state index contributed by atoms with van der Waals surface area (Å²) in [6, 6.07) is 13.2. The number of hydrogen-bond donors (Lipinski definition) is 2. The zero-order chi connectivity index (χ0) is 23.8. The van der Waals surface area contributed by atoms with E-state index < -0.39 is 28.1 Å². The molecule has 0 bridgehead atoms. The van der Waals surface area contributed by atoms with Crippen LogP contribution in [0.2, 0.25) is 5.02 Å². The van der Waals surface area contributed by atoms with Gasteiger partial charge < -0.3 is 20.1 Å². The smallest absolute Gasteiger partial charge is 0.309 e. The van der Waals surface area contributed by atoms with Crippen molar-refractivity contribution < 1.29 is 27.5 Å². The zero-order valence-corrected chi connectivity index (χ0v) is 19.7. The van der Waals surface area contributed by atoms with Crippen molar-refractivity contribution in [2.45, 2.75) is 24.0 Å². The van der Waals surface area contributed by atoms with Gasteiger partial charge in [-0.15, -0.1) is 0 Å². The highest BCUT2D eigenvalue weighted by atomic mass is 35.5. The fourth-order valence-corrected chi connectivity index (χ4v) is 4.99. The minimum absolute atomic E-state index is 0.0741. The molecule has 9 nitrogen and oxygen atoms in total. The molecule has 0 aromatic heterocycles. The van der Waals surface area contributed by atoms with Gasteiger partial charge in [-0.1, -0.05) is 23.7 Å². The van der Waals surface area contributed by atoms with E-state index in [2.05, 4.69) is 10.6 Å². The van der Waals surface area contributed by atoms with Crippen LogP contribution in [0.1, 0.15) is 12.0 Å². The molecule has 2 amide bonds. The molecule has 178 valence electrons. The van der Waals surface area contributed by atoms with Crippen LogP contribution in [0.15, 0.2) is 53.4 Å². The number of nitrogens with one attached hydrogen (secondary N) is 2. The van der Waals surface area contributed by atoms with Crippen LogP contribution in [0.5, 0.6) is 5.75 Å². The number of sulfonamides is 1. The summed E-state index contributed by atoms with van der Waals surface area (Å²) in [6.45, 7) is 0.702. The van der Waals surface area contributed by atoms with Crippen molar-refractivity contribution in [2.24, 2.45) is 0 Å². The van der Waals surface area contributed by atoms with E-state index >= 15 is 0 Å². The summed E-state index contributed by atoms with van der Waals surface area (Å²) in [5, 5.41) is 5.43. The maximum atomic E-state index is 13.0. The molecule has 1 unspecified atom stereocenters. The minimum Gasteiger partial charge on any atom is -0.497 e. The van der Waals surface area contributed by atoms with Crippen molar-refractivity contribution in [3.8, 4) is 5.75 Å². The third kappa shape index (κ3) is 6.67. The van der Waals surface area contributed by atoms with Crippen molar-refractivity contribution in [1.29, 1.82) is 0 Å². The Hall–Kier alpha value is -2.66. The number of amides is 2. The molecule has 0 radical (unpaired) electrons. The van der Waals surface area contributed by atoms with Crippen LogP contribution in [0.3, 0.4) is 0 Å². The molecule has 0 spiro atoms. The Labute approximate surface area is 198 Å². The topological polar surface area (TPSA) is 114 Å². The molecule has 0 aliphatic carbocycles. The summed E-state index contributed by atoms with van der Waals surface area (Å²) in [7, 11) is -2.28. The normalized spacial score (nSPS) is 16.7. The molecule has 1 fully saturated rings. The van der Waals surface area contributed by atoms with Crippen molar-refractivity contribution >= 4 is 33.4 Å². The molecule has 33 heavy (non-hydrogen) atoms. The van der Waals surface area contributed by atoms with Gasteiger partial charge in [0, 0.05) is 18.1 Å². The molecule has 11 heteroatoms. The third-order valence-electron chi connectivity index (χ3n) is 5.08. The number of benzene rings is 2. The Kier molecular flexibility index (Phi) is 8.67. The van der Waals surface area contributed by atoms with Crippen LogP contribution in [-0.4, -0.2) is 64.1 Å². The molecule has 3 rings (SSSR count). The second kappa shape index (κ2) is 11.5. The Bertz CT molecular complexity index is 1060. The second-order valence-electron chi connectivity index (χ2n) is 7.31. The van der Waals surface area contributed by atoms with Crippen molar-refractivity contribution in [3.63, 3.8) is 0 Å². The molecular formula is C22H26ClN3O6S. The van der Waals surface area contributed by atoms with E-state index in [0.717, 1.165) is 11.3 Å². The standard InChI is InChI=1S/C22H26ClN3O6S/c1-31-18-7-3-16(4-8-18)11-12-24-21(27)22(28)25-15-20-26(13-2-14-32-20)33(29,30)19-9-5-17(23)6-10-19/h3-10,20H,2,11-15H2,1H3,(H,24,27)(H,25,28). The Morgan fingerprint density at radius 1 is 1.09 bits per heavy atom. The lowest BCUT2D eigenvalue weighted by atomic mass is 10.1. The van der Waals surface area contributed by atoms with Gasteiger partial charge in [0.25, 0.3) is 0 Å². The molecule has 2 N–H and O–H groups in total. The first-order valence-electron chi connectivity index (χ1n) is 10.4. The second-order valence-corrected chi connectivity index (χ2v) is 9.64. The van der Waals surface area contributed by atoms with Crippen LogP contribution in [0.4, 0.5) is 0 Å². The van der Waals surface area contributed by atoms with E-state index in [4.69, 9.17) is 21.1 Å². The molecule has 1 aliphatic rings. The van der Waals surface area contributed by atoms with Gasteiger partial charge in [-0.2, -0.15) is 4.31 Å². The maximum Gasteiger partial charge on any atom is 0.309 e. The van der Waals surface area contributed by atoms with Gasteiger partial charge in [-0.05, 0) is 54.8 Å². The lowest BCUT2D eigenvalue weighted by molar-refractivity contribution is -0.140. The number of methoxy groups -OCH3 is 1. The predicted molar refractivity (Wildman–Crippen MR) is 122 cm³/mol. The average Bonchev–Trinajstić information content (AvgIpc) is 2.83. The van der Waals surface area contributed by atoms with Crippen LogP contribution in [-0.2, 0) is 30.8 Å². The fraction of sp³-hybridized carbons (Fsp3) is 0.364. The number of carbonyl (C=O) groups is 2. The summed E-state index contributed by atoms with van der Waals surface area (Å²) in [5.41, 5.74) is 0.982. The number of nitrogens with zero attached hydrogens (tertiary/aromatic N) is 1. The largest absolute Gasteiger partial charge is 0.497 e. The third-order valence-corrected chi connectivity index (χ3v) is 7.23. The molecule has 1 heterocycles. The molecule has 0 saturated carbocycles. The highest BCUT2D eigenvalue weighted by molar-refractivity contribution is 7.89. The van der Waals surface area contributed by atoms with E-state index in [-0.39, 0.29) is 24.5 Å². The highest BCUT2D eigenvalue weighted by Gasteiger charge is 2.34. The number of carbonyl (C=O) groups excluding carboxylic acids is 2. The number of ether oxygens (including phenoxy) is 2. The number of halogens is 1. The van der Waals surface area contributed by atoms with Crippen LogP contribution >= 0.6 is 11.6 Å². The maximum absolute atomic E-state index is 13.0. The van der Waals surface area contributed by atoms with Crippen LogP contribution in [0.25, 0.3) is 0 Å². The molecule has 2 aromatic carbocycles. The number of rotatable bonds is 8. The quantitative estimate of drug-likeness (QED) is 0.537. The SMILES string of the molecule is COc1ccc(CCNC(=O)C(=O)NCC2OCCCN2S(=O)(=O)c2ccc(Cl)cc2)cc1. The lowest BCUT2D eigenvalue weighted by Crippen LogP contribution is -2.53. The highest BCUT2D eigenvalue weighted by Crippen LogP contribution is 2.23. The fourth-order valence-electron chi connectivity index (χ4n) is 3.30. The number of hydrogen-bond acceptors (Lipinski definition) is 6. The average molecular weight is 496 g/mol. The summed E-state index contributed by atoms with van der Waals surface area (Å²) in [4.78, 5) is 24.4. The van der Waals surface area contributed by atoms with Gasteiger partial charge in [0.1, 0.15) is 12.0 Å². The summed E-state index contributed by atoms with van der Waals surface area (Å²) in [5.74, 6) is -0.923. The van der Waals surface area contributed by atoms with Crippen molar-refractivity contribution in [1.82, 2.24) is 14.9 Å². The first-order valence-corrected chi connectivity index (χ1v) is 12.2. The van der Waals surface area contributed by atoms with E-state index in [0.29, 0.717) is 24.5 Å². The molecule has 1 aliphatic heterocycles. The Morgan fingerprint density at radius 3 is 2.42 bits per heavy atom. The van der Waals surface area contributed by atoms with Crippen LogP contribution < -0.4 is 15.4 Å². The van der Waals surface area contributed by atoms with Gasteiger partial charge in [0.2, 0.25) is 10.0 Å². The summed E-state index contributed by atoms with van der Waals surface area (Å²) >= 11 is 5.85.